The van der Waals surface area contributed by atoms with Gasteiger partial charge in [0.1, 0.15) is 0 Å². The topological polar surface area (TPSA) is 29.1 Å². The minimum atomic E-state index is 0.0775. The number of fused-ring (bicyclic) bond motifs is 1. The summed E-state index contributed by atoms with van der Waals surface area (Å²) < 4.78 is 0. The number of carbonyl (C=O) groups is 1. The van der Waals surface area contributed by atoms with Crippen LogP contribution < -0.4 is 5.32 Å². The highest BCUT2D eigenvalue weighted by Gasteiger charge is 2.52. The Morgan fingerprint density at radius 2 is 2.15 bits per heavy atom. The molecular formula is C10H15NOS. The molecule has 0 bridgehead atoms. The number of carbonyl (C=O) groups excluding carboxylic acids is 1. The summed E-state index contributed by atoms with van der Waals surface area (Å²) in [5, 5.41) is 4.88. The van der Waals surface area contributed by atoms with Crippen LogP contribution in [-0.2, 0) is 4.79 Å². The molecule has 0 aliphatic heterocycles. The van der Waals surface area contributed by atoms with Crippen LogP contribution in [0.2, 0.25) is 0 Å². The second-order valence-electron chi connectivity index (χ2n) is 3.83. The maximum atomic E-state index is 11.3. The van der Waals surface area contributed by atoms with Crippen LogP contribution in [0, 0.1) is 11.8 Å². The maximum Gasteiger partial charge on any atom is 0.244 e. The lowest BCUT2D eigenvalue weighted by molar-refractivity contribution is -0.116. The molecule has 1 N–H and O–H groups in total. The molecule has 2 unspecified atom stereocenters. The van der Waals surface area contributed by atoms with Gasteiger partial charge < -0.3 is 5.32 Å². The van der Waals surface area contributed by atoms with Crippen molar-refractivity contribution in [2.75, 3.05) is 6.26 Å². The van der Waals surface area contributed by atoms with Gasteiger partial charge in [-0.2, -0.15) is 0 Å². The predicted octanol–water partition coefficient (Wildman–Crippen LogP) is 1.78. The fourth-order valence-electron chi connectivity index (χ4n) is 2.38. The van der Waals surface area contributed by atoms with Gasteiger partial charge in [-0.1, -0.05) is 6.42 Å². The van der Waals surface area contributed by atoms with E-state index in [1.807, 2.05) is 11.7 Å². The summed E-state index contributed by atoms with van der Waals surface area (Å²) in [5.41, 5.74) is 0. The smallest absolute Gasteiger partial charge is 0.244 e. The number of thioether (sulfide) groups is 1. The minimum Gasteiger partial charge on any atom is -0.349 e. The Labute approximate surface area is 83.2 Å². The van der Waals surface area contributed by atoms with Gasteiger partial charge in [0.2, 0.25) is 5.91 Å². The third kappa shape index (κ3) is 1.90. The summed E-state index contributed by atoms with van der Waals surface area (Å²) in [4.78, 5) is 11.3. The van der Waals surface area contributed by atoms with Gasteiger partial charge in [0.05, 0.1) is 0 Å². The fourth-order valence-corrected chi connectivity index (χ4v) is 2.64. The third-order valence-electron chi connectivity index (χ3n) is 3.07. The number of rotatable bonds is 3. The monoisotopic (exact) mass is 197 g/mol. The second kappa shape index (κ2) is 3.74. The zero-order valence-electron chi connectivity index (χ0n) is 7.82. The van der Waals surface area contributed by atoms with Crippen molar-refractivity contribution in [3.8, 4) is 0 Å². The van der Waals surface area contributed by atoms with Gasteiger partial charge in [0.15, 0.2) is 0 Å². The molecule has 2 aliphatic carbocycles. The highest BCUT2D eigenvalue weighted by atomic mass is 32.2. The van der Waals surface area contributed by atoms with Gasteiger partial charge in [-0.15, -0.1) is 11.8 Å². The molecule has 0 radical (unpaired) electrons. The molecular weight excluding hydrogens is 182 g/mol. The molecule has 13 heavy (non-hydrogen) atoms. The number of hydrogen-bond acceptors (Lipinski definition) is 2. The highest BCUT2D eigenvalue weighted by Crippen LogP contribution is 2.51. The molecule has 0 heterocycles. The molecule has 0 aromatic carbocycles. The molecule has 2 fully saturated rings. The van der Waals surface area contributed by atoms with Crippen LogP contribution in [0.5, 0.6) is 0 Å². The molecule has 0 spiro atoms. The standard InChI is InChI=1S/C10H15NOS/c1-13-6-5-9(12)11-10-7-3-2-4-8(7)10/h5-8,10H,2-4H2,1H3,(H,11,12)/b6-5+. The van der Waals surface area contributed by atoms with E-state index in [1.165, 1.54) is 19.3 Å². The van der Waals surface area contributed by atoms with Crippen LogP contribution in [0.15, 0.2) is 11.5 Å². The van der Waals surface area contributed by atoms with Crippen LogP contribution in [0.25, 0.3) is 0 Å². The Balaban J connectivity index is 1.74. The summed E-state index contributed by atoms with van der Waals surface area (Å²) in [6.07, 6.45) is 7.58. The van der Waals surface area contributed by atoms with Crippen molar-refractivity contribution in [3.05, 3.63) is 11.5 Å². The van der Waals surface area contributed by atoms with Crippen molar-refractivity contribution in [2.45, 2.75) is 25.3 Å². The summed E-state index contributed by atoms with van der Waals surface area (Å²) in [5.74, 6) is 1.70. The fraction of sp³-hybridized carbons (Fsp3) is 0.700. The van der Waals surface area contributed by atoms with Crippen molar-refractivity contribution in [3.63, 3.8) is 0 Å². The van der Waals surface area contributed by atoms with E-state index in [-0.39, 0.29) is 5.91 Å². The average molecular weight is 197 g/mol. The molecule has 2 aliphatic rings. The van der Waals surface area contributed by atoms with E-state index in [1.54, 1.807) is 17.8 Å². The second-order valence-corrected chi connectivity index (χ2v) is 4.58. The van der Waals surface area contributed by atoms with Gasteiger partial charge in [-0.05, 0) is 36.3 Å². The Kier molecular flexibility index (Phi) is 2.63. The predicted molar refractivity (Wildman–Crippen MR) is 55.4 cm³/mol. The first-order valence-corrected chi connectivity index (χ1v) is 6.11. The van der Waals surface area contributed by atoms with Gasteiger partial charge in [0, 0.05) is 12.1 Å². The Morgan fingerprint density at radius 3 is 2.77 bits per heavy atom. The molecule has 1 amide bonds. The molecule has 2 nitrogen and oxygen atoms in total. The molecule has 0 aromatic heterocycles. The molecule has 2 atom stereocenters. The van der Waals surface area contributed by atoms with Gasteiger partial charge in [0.25, 0.3) is 0 Å². The Hall–Kier alpha value is -0.440. The van der Waals surface area contributed by atoms with E-state index in [2.05, 4.69) is 5.32 Å². The van der Waals surface area contributed by atoms with Gasteiger partial charge in [-0.25, -0.2) is 0 Å². The van der Waals surface area contributed by atoms with Crippen molar-refractivity contribution in [1.29, 1.82) is 0 Å². The first-order chi connectivity index (χ1) is 6.33. The summed E-state index contributed by atoms with van der Waals surface area (Å²) >= 11 is 1.56. The quantitative estimate of drug-likeness (QED) is 0.699. The Morgan fingerprint density at radius 1 is 1.46 bits per heavy atom. The van der Waals surface area contributed by atoms with E-state index in [0.29, 0.717) is 6.04 Å². The lowest BCUT2D eigenvalue weighted by atomic mass is 10.2. The zero-order valence-corrected chi connectivity index (χ0v) is 8.64. The molecule has 72 valence electrons. The lowest BCUT2D eigenvalue weighted by Crippen LogP contribution is -2.26. The van der Waals surface area contributed by atoms with Crippen molar-refractivity contribution in [1.82, 2.24) is 5.32 Å². The summed E-state index contributed by atoms with van der Waals surface area (Å²) in [6, 6.07) is 0.507. The van der Waals surface area contributed by atoms with Crippen molar-refractivity contribution in [2.24, 2.45) is 11.8 Å². The molecule has 0 saturated heterocycles. The Bertz CT molecular complexity index is 229. The zero-order chi connectivity index (χ0) is 9.26. The molecule has 3 heteroatoms. The normalized spacial score (nSPS) is 36.2. The summed E-state index contributed by atoms with van der Waals surface area (Å²) in [6.45, 7) is 0. The van der Waals surface area contributed by atoms with E-state index in [4.69, 9.17) is 0 Å². The van der Waals surface area contributed by atoms with Crippen molar-refractivity contribution < 1.29 is 4.79 Å². The van der Waals surface area contributed by atoms with E-state index in [0.717, 1.165) is 11.8 Å². The third-order valence-corrected chi connectivity index (χ3v) is 3.48. The van der Waals surface area contributed by atoms with Crippen LogP contribution in [0.4, 0.5) is 0 Å². The number of amides is 1. The largest absolute Gasteiger partial charge is 0.349 e. The highest BCUT2D eigenvalue weighted by molar-refractivity contribution is 8.01. The SMILES string of the molecule is CS/C=C/C(=O)NC1C2CCCC21. The first-order valence-electron chi connectivity index (χ1n) is 4.83. The average Bonchev–Trinajstić information content (AvgIpc) is 2.63. The van der Waals surface area contributed by atoms with Crippen LogP contribution >= 0.6 is 11.8 Å². The van der Waals surface area contributed by atoms with Crippen LogP contribution in [0.1, 0.15) is 19.3 Å². The molecule has 2 rings (SSSR count). The van der Waals surface area contributed by atoms with Gasteiger partial charge >= 0.3 is 0 Å². The van der Waals surface area contributed by atoms with Crippen LogP contribution in [0.3, 0.4) is 0 Å². The van der Waals surface area contributed by atoms with Gasteiger partial charge in [-0.3, -0.25) is 4.79 Å². The maximum absolute atomic E-state index is 11.3. The first kappa shape index (κ1) is 9.13. The minimum absolute atomic E-state index is 0.0775. The lowest BCUT2D eigenvalue weighted by Gasteiger charge is -2.03. The van der Waals surface area contributed by atoms with E-state index in [9.17, 15) is 4.79 Å². The number of hydrogen-bond donors (Lipinski definition) is 1. The number of nitrogens with one attached hydrogen (secondary N) is 1. The molecule has 2 saturated carbocycles. The van der Waals surface area contributed by atoms with E-state index < -0.39 is 0 Å². The molecule has 0 aromatic rings. The summed E-state index contributed by atoms with van der Waals surface area (Å²) in [7, 11) is 0. The van der Waals surface area contributed by atoms with Crippen LogP contribution in [-0.4, -0.2) is 18.2 Å². The van der Waals surface area contributed by atoms with Crippen molar-refractivity contribution >= 4 is 17.7 Å². The van der Waals surface area contributed by atoms with E-state index >= 15 is 0 Å².